The van der Waals surface area contributed by atoms with Crippen LogP contribution in [0, 0.1) is 17.7 Å². The second-order valence-electron chi connectivity index (χ2n) is 5.83. The summed E-state index contributed by atoms with van der Waals surface area (Å²) in [6, 6.07) is 4.50. The number of rotatable bonds is 5. The molecule has 116 valence electrons. The van der Waals surface area contributed by atoms with Gasteiger partial charge in [-0.25, -0.2) is 4.39 Å². The molecule has 2 atom stereocenters. The quantitative estimate of drug-likeness (QED) is 0.877. The van der Waals surface area contributed by atoms with Gasteiger partial charge in [-0.3, -0.25) is 4.79 Å². The molecule has 1 aromatic carbocycles. The van der Waals surface area contributed by atoms with E-state index in [0.29, 0.717) is 12.3 Å². The Bertz CT molecular complexity index is 505. The van der Waals surface area contributed by atoms with Gasteiger partial charge in [0.2, 0.25) is 5.91 Å². The number of hydrogen-bond donors (Lipinski definition) is 2. The number of amides is 1. The van der Waals surface area contributed by atoms with Gasteiger partial charge in [-0.15, -0.1) is 0 Å². The first-order valence-electron chi connectivity index (χ1n) is 7.48. The van der Waals surface area contributed by atoms with Gasteiger partial charge < -0.3 is 15.8 Å². The van der Waals surface area contributed by atoms with Gasteiger partial charge >= 0.3 is 0 Å². The first kappa shape index (κ1) is 15.8. The lowest BCUT2D eigenvalue weighted by atomic mass is 9.95. The maximum absolute atomic E-state index is 14.0. The van der Waals surface area contributed by atoms with E-state index in [2.05, 4.69) is 5.32 Å². The van der Waals surface area contributed by atoms with Crippen molar-refractivity contribution in [3.63, 3.8) is 0 Å². The van der Waals surface area contributed by atoms with Crippen LogP contribution in [-0.4, -0.2) is 18.6 Å². The van der Waals surface area contributed by atoms with Crippen molar-refractivity contribution < 1.29 is 13.9 Å². The van der Waals surface area contributed by atoms with Crippen LogP contribution >= 0.6 is 0 Å². The van der Waals surface area contributed by atoms with E-state index in [1.807, 2.05) is 13.8 Å². The third kappa shape index (κ3) is 3.94. The van der Waals surface area contributed by atoms with Gasteiger partial charge in [0, 0.05) is 12.0 Å². The summed E-state index contributed by atoms with van der Waals surface area (Å²) in [6.45, 7) is 4.25. The molecule has 4 nitrogen and oxygen atoms in total. The van der Waals surface area contributed by atoms with Crippen molar-refractivity contribution in [3.8, 4) is 5.75 Å². The molecule has 0 bridgehead atoms. The number of carbonyl (C=O) groups excluding carboxylic acids is 1. The summed E-state index contributed by atoms with van der Waals surface area (Å²) in [5, 5.41) is 2.67. The Balaban J connectivity index is 2.04. The third-order valence-corrected chi connectivity index (χ3v) is 3.87. The van der Waals surface area contributed by atoms with E-state index >= 15 is 0 Å². The minimum absolute atomic E-state index is 0.0198. The molecule has 1 aliphatic carbocycles. The molecule has 0 heterocycles. The zero-order valence-electron chi connectivity index (χ0n) is 12.6. The minimum atomic E-state index is -0.483. The highest BCUT2D eigenvalue weighted by atomic mass is 19.1. The average molecular weight is 294 g/mol. The average Bonchev–Trinajstić information content (AvgIpc) is 2.89. The van der Waals surface area contributed by atoms with Crippen LogP contribution in [0.5, 0.6) is 5.75 Å². The fourth-order valence-corrected chi connectivity index (χ4v) is 2.83. The zero-order valence-corrected chi connectivity index (χ0v) is 12.6. The molecule has 1 fully saturated rings. The Morgan fingerprint density at radius 2 is 2.24 bits per heavy atom. The Hall–Kier alpha value is -1.62. The number of carbonyl (C=O) groups is 1. The lowest BCUT2D eigenvalue weighted by molar-refractivity contribution is -0.120. The molecular formula is C16H23FN2O2. The fourth-order valence-electron chi connectivity index (χ4n) is 2.83. The normalized spacial score (nSPS) is 21.6. The van der Waals surface area contributed by atoms with Gasteiger partial charge in [0.1, 0.15) is 11.6 Å². The number of nitrogens with two attached hydrogens (primary N) is 1. The van der Waals surface area contributed by atoms with Gasteiger partial charge in [-0.05, 0) is 51.3 Å². The van der Waals surface area contributed by atoms with Crippen molar-refractivity contribution in [1.29, 1.82) is 0 Å². The maximum atomic E-state index is 14.0. The smallest absolute Gasteiger partial charge is 0.227 e. The van der Waals surface area contributed by atoms with Gasteiger partial charge in [0.05, 0.1) is 11.8 Å². The van der Waals surface area contributed by atoms with Crippen LogP contribution in [0.4, 0.5) is 10.1 Å². The molecular weight excluding hydrogens is 271 g/mol. The molecule has 5 heteroatoms. The monoisotopic (exact) mass is 294 g/mol. The van der Waals surface area contributed by atoms with Crippen LogP contribution in [0.1, 0.15) is 33.1 Å². The molecule has 0 saturated heterocycles. The highest BCUT2D eigenvalue weighted by Crippen LogP contribution is 2.32. The predicted octanol–water partition coefficient (Wildman–Crippen LogP) is 2.93. The van der Waals surface area contributed by atoms with Crippen molar-refractivity contribution in [2.75, 3.05) is 11.9 Å². The number of anilines is 1. The molecule has 0 aromatic heterocycles. The Morgan fingerprint density at radius 3 is 2.86 bits per heavy atom. The molecule has 21 heavy (non-hydrogen) atoms. The Labute approximate surface area is 124 Å². The van der Waals surface area contributed by atoms with E-state index in [1.165, 1.54) is 12.1 Å². The van der Waals surface area contributed by atoms with Crippen LogP contribution in [0.3, 0.4) is 0 Å². The van der Waals surface area contributed by atoms with E-state index in [4.69, 9.17) is 10.5 Å². The summed E-state index contributed by atoms with van der Waals surface area (Å²) in [6.07, 6.45) is 2.78. The number of ether oxygens (including phenoxy) is 1. The Morgan fingerprint density at radius 1 is 1.48 bits per heavy atom. The molecule has 1 aromatic rings. The van der Waals surface area contributed by atoms with Crippen LogP contribution in [0.15, 0.2) is 18.2 Å². The van der Waals surface area contributed by atoms with Crippen LogP contribution in [0.25, 0.3) is 0 Å². The van der Waals surface area contributed by atoms with Gasteiger partial charge in [0.15, 0.2) is 0 Å². The third-order valence-electron chi connectivity index (χ3n) is 3.87. The van der Waals surface area contributed by atoms with Crippen molar-refractivity contribution >= 4 is 11.6 Å². The highest BCUT2D eigenvalue weighted by Gasteiger charge is 2.32. The number of nitrogens with one attached hydrogen (secondary N) is 1. The fraction of sp³-hybridized carbons (Fsp3) is 0.562. The maximum Gasteiger partial charge on any atom is 0.227 e. The summed E-state index contributed by atoms with van der Waals surface area (Å²) in [5.74, 6) is -0.0676. The molecule has 0 aliphatic heterocycles. The minimum Gasteiger partial charge on any atom is -0.491 e. The lowest BCUT2D eigenvalue weighted by Gasteiger charge is -2.18. The summed E-state index contributed by atoms with van der Waals surface area (Å²) in [4.78, 5) is 12.2. The van der Waals surface area contributed by atoms with Crippen LogP contribution in [-0.2, 0) is 4.79 Å². The molecule has 2 rings (SSSR count). The Kier molecular flexibility index (Phi) is 5.17. The van der Waals surface area contributed by atoms with E-state index < -0.39 is 5.82 Å². The standard InChI is InChI=1S/C16H23FN2O2/c1-10(2)21-12-6-7-15(14(17)8-12)19-16(20)13-5-3-4-11(13)9-18/h6-8,10-11,13H,3-5,9,18H2,1-2H3,(H,19,20)/t11-,13-/m1/s1. The van der Waals surface area contributed by atoms with E-state index in [1.54, 1.807) is 6.07 Å². The topological polar surface area (TPSA) is 64.3 Å². The van der Waals surface area contributed by atoms with Crippen molar-refractivity contribution in [2.24, 2.45) is 17.6 Å². The molecule has 0 unspecified atom stereocenters. The first-order chi connectivity index (χ1) is 10.0. The molecule has 1 aliphatic rings. The van der Waals surface area contributed by atoms with E-state index in [0.717, 1.165) is 19.3 Å². The van der Waals surface area contributed by atoms with Gasteiger partial charge in [-0.1, -0.05) is 6.42 Å². The van der Waals surface area contributed by atoms with Crippen molar-refractivity contribution in [3.05, 3.63) is 24.0 Å². The number of hydrogen-bond acceptors (Lipinski definition) is 3. The summed E-state index contributed by atoms with van der Waals surface area (Å²) in [7, 11) is 0. The van der Waals surface area contributed by atoms with Crippen molar-refractivity contribution in [2.45, 2.75) is 39.2 Å². The van der Waals surface area contributed by atoms with E-state index in [9.17, 15) is 9.18 Å². The van der Waals surface area contributed by atoms with Crippen LogP contribution in [0.2, 0.25) is 0 Å². The molecule has 1 amide bonds. The molecule has 0 spiro atoms. The summed E-state index contributed by atoms with van der Waals surface area (Å²) >= 11 is 0. The second-order valence-corrected chi connectivity index (χ2v) is 5.83. The van der Waals surface area contributed by atoms with Gasteiger partial charge in [-0.2, -0.15) is 0 Å². The molecule has 1 saturated carbocycles. The summed E-state index contributed by atoms with van der Waals surface area (Å²) < 4.78 is 19.4. The molecule has 0 radical (unpaired) electrons. The second kappa shape index (κ2) is 6.89. The van der Waals surface area contributed by atoms with E-state index in [-0.39, 0.29) is 29.5 Å². The molecule has 3 N–H and O–H groups in total. The first-order valence-corrected chi connectivity index (χ1v) is 7.48. The largest absolute Gasteiger partial charge is 0.491 e. The van der Waals surface area contributed by atoms with Crippen LogP contribution < -0.4 is 15.8 Å². The summed E-state index contributed by atoms with van der Waals surface area (Å²) in [5.41, 5.74) is 5.87. The number of halogens is 1. The van der Waals surface area contributed by atoms with Gasteiger partial charge in [0.25, 0.3) is 0 Å². The number of benzene rings is 1. The zero-order chi connectivity index (χ0) is 15.4. The lowest BCUT2D eigenvalue weighted by Crippen LogP contribution is -2.30. The highest BCUT2D eigenvalue weighted by molar-refractivity contribution is 5.93. The SMILES string of the molecule is CC(C)Oc1ccc(NC(=O)[C@@H]2CCC[C@@H]2CN)c(F)c1. The van der Waals surface area contributed by atoms with Crippen molar-refractivity contribution in [1.82, 2.24) is 0 Å². The predicted molar refractivity (Wildman–Crippen MR) is 80.7 cm³/mol.